The first-order valence-electron chi connectivity index (χ1n) is 8.76. The van der Waals surface area contributed by atoms with Crippen LogP contribution in [0.15, 0.2) is 65.6 Å². The highest BCUT2D eigenvalue weighted by molar-refractivity contribution is 6.31. The third-order valence-electron chi connectivity index (χ3n) is 4.36. The van der Waals surface area contributed by atoms with Gasteiger partial charge < -0.3 is 19.4 Å². The summed E-state index contributed by atoms with van der Waals surface area (Å²) in [5.41, 5.74) is 0.979. The summed E-state index contributed by atoms with van der Waals surface area (Å²) >= 11 is 6.18. The van der Waals surface area contributed by atoms with E-state index in [4.69, 9.17) is 21.1 Å². The highest BCUT2D eigenvalue weighted by Crippen LogP contribution is 2.32. The summed E-state index contributed by atoms with van der Waals surface area (Å²) in [6.45, 7) is 1.23. The second kappa shape index (κ2) is 7.78. The number of rotatable bonds is 4. The van der Waals surface area contributed by atoms with E-state index in [2.05, 4.69) is 5.32 Å². The Bertz CT molecular complexity index is 1090. The van der Waals surface area contributed by atoms with Crippen LogP contribution in [0.2, 0.25) is 5.02 Å². The van der Waals surface area contributed by atoms with Crippen LogP contribution in [0.3, 0.4) is 0 Å². The summed E-state index contributed by atoms with van der Waals surface area (Å²) in [4.78, 5) is 25.4. The molecule has 142 valence electrons. The molecule has 4 rings (SSSR count). The van der Waals surface area contributed by atoms with Gasteiger partial charge in [0.1, 0.15) is 18.8 Å². The van der Waals surface area contributed by atoms with Crippen molar-refractivity contribution in [2.24, 2.45) is 0 Å². The molecule has 1 N–H and O–H groups in total. The summed E-state index contributed by atoms with van der Waals surface area (Å²) in [6.07, 6.45) is 1.63. The van der Waals surface area contributed by atoms with Gasteiger partial charge in [-0.3, -0.25) is 9.59 Å². The van der Waals surface area contributed by atoms with Gasteiger partial charge in [-0.2, -0.15) is 0 Å². The van der Waals surface area contributed by atoms with Crippen molar-refractivity contribution in [3.63, 3.8) is 0 Å². The maximum absolute atomic E-state index is 12.8. The number of aromatic nitrogens is 1. The number of fused-ring (bicyclic) bond motifs is 1. The first kappa shape index (κ1) is 18.1. The third kappa shape index (κ3) is 3.73. The highest BCUT2D eigenvalue weighted by Gasteiger charge is 2.16. The van der Waals surface area contributed by atoms with Gasteiger partial charge in [0, 0.05) is 23.0 Å². The van der Waals surface area contributed by atoms with Crippen LogP contribution in [0.5, 0.6) is 11.5 Å². The topological polar surface area (TPSA) is 69.6 Å². The first-order valence-corrected chi connectivity index (χ1v) is 9.13. The third-order valence-corrected chi connectivity index (χ3v) is 4.73. The first-order chi connectivity index (χ1) is 13.6. The van der Waals surface area contributed by atoms with Gasteiger partial charge in [0.15, 0.2) is 11.5 Å². The number of ether oxygens (including phenoxy) is 2. The molecule has 0 radical (unpaired) electrons. The van der Waals surface area contributed by atoms with Gasteiger partial charge in [-0.15, -0.1) is 0 Å². The Hall–Kier alpha value is -3.25. The average Bonchev–Trinajstić information content (AvgIpc) is 2.71. The van der Waals surface area contributed by atoms with E-state index in [0.29, 0.717) is 35.4 Å². The predicted molar refractivity (Wildman–Crippen MR) is 107 cm³/mol. The number of carbonyl (C=O) groups is 1. The second-order valence-corrected chi connectivity index (χ2v) is 6.67. The predicted octanol–water partition coefficient (Wildman–Crippen LogP) is 3.57. The maximum atomic E-state index is 12.8. The van der Waals surface area contributed by atoms with Crippen molar-refractivity contribution in [2.45, 2.75) is 6.54 Å². The van der Waals surface area contributed by atoms with E-state index in [0.717, 1.165) is 5.56 Å². The monoisotopic (exact) mass is 396 g/mol. The number of carbonyl (C=O) groups excluding carboxylic acids is 1. The minimum absolute atomic E-state index is 0.0458. The van der Waals surface area contributed by atoms with Crippen LogP contribution in [0.4, 0.5) is 5.69 Å². The zero-order valence-corrected chi connectivity index (χ0v) is 15.6. The number of pyridine rings is 1. The van der Waals surface area contributed by atoms with Crippen LogP contribution < -0.4 is 20.3 Å². The summed E-state index contributed by atoms with van der Waals surface area (Å²) in [7, 11) is 0. The smallest absolute Gasteiger partial charge is 0.263 e. The van der Waals surface area contributed by atoms with Crippen molar-refractivity contribution in [3.05, 3.63) is 87.3 Å². The molecule has 0 fully saturated rings. The largest absolute Gasteiger partial charge is 0.486 e. The van der Waals surface area contributed by atoms with Crippen molar-refractivity contribution in [3.8, 4) is 11.5 Å². The van der Waals surface area contributed by atoms with Crippen molar-refractivity contribution in [1.29, 1.82) is 0 Å². The molecule has 0 atom stereocenters. The van der Waals surface area contributed by atoms with Crippen molar-refractivity contribution in [1.82, 2.24) is 4.57 Å². The lowest BCUT2D eigenvalue weighted by molar-refractivity contribution is 0.102. The summed E-state index contributed by atoms with van der Waals surface area (Å²) in [5.74, 6) is 0.703. The molecular weight excluding hydrogens is 380 g/mol. The van der Waals surface area contributed by atoms with Crippen molar-refractivity contribution < 1.29 is 14.3 Å². The number of nitrogens with one attached hydrogen (secondary N) is 1. The molecule has 0 spiro atoms. The zero-order valence-electron chi connectivity index (χ0n) is 14.9. The Morgan fingerprint density at radius 2 is 1.82 bits per heavy atom. The lowest BCUT2D eigenvalue weighted by Gasteiger charge is -2.19. The fraction of sp³-hybridized carbons (Fsp3) is 0.143. The van der Waals surface area contributed by atoms with Crippen LogP contribution >= 0.6 is 11.6 Å². The molecule has 0 aliphatic carbocycles. The molecule has 7 heteroatoms. The van der Waals surface area contributed by atoms with Crippen LogP contribution in [-0.2, 0) is 6.54 Å². The Morgan fingerprint density at radius 1 is 1.04 bits per heavy atom. The molecule has 2 aromatic carbocycles. The lowest BCUT2D eigenvalue weighted by atomic mass is 10.2. The summed E-state index contributed by atoms with van der Waals surface area (Å²) in [5, 5.41) is 3.31. The molecule has 2 heterocycles. The van der Waals surface area contributed by atoms with Crippen molar-refractivity contribution >= 4 is 23.2 Å². The summed E-state index contributed by atoms with van der Waals surface area (Å²) in [6, 6.07) is 15.6. The molecule has 1 aliphatic rings. The van der Waals surface area contributed by atoms with Crippen molar-refractivity contribution in [2.75, 3.05) is 18.5 Å². The number of anilines is 1. The van der Waals surface area contributed by atoms with Gasteiger partial charge >= 0.3 is 0 Å². The molecular formula is C21H17ClN2O4. The quantitative estimate of drug-likeness (QED) is 0.732. The normalized spacial score (nSPS) is 12.5. The molecule has 1 aromatic heterocycles. The van der Waals surface area contributed by atoms with Gasteiger partial charge in [0.05, 0.1) is 6.54 Å². The van der Waals surface area contributed by atoms with E-state index < -0.39 is 11.5 Å². The Morgan fingerprint density at radius 3 is 2.64 bits per heavy atom. The van der Waals surface area contributed by atoms with Crippen LogP contribution in [0, 0.1) is 0 Å². The van der Waals surface area contributed by atoms with Crippen LogP contribution in [-0.4, -0.2) is 23.7 Å². The fourth-order valence-electron chi connectivity index (χ4n) is 2.96. The van der Waals surface area contributed by atoms with Gasteiger partial charge in [-0.25, -0.2) is 0 Å². The maximum Gasteiger partial charge on any atom is 0.263 e. The second-order valence-electron chi connectivity index (χ2n) is 6.26. The molecule has 0 saturated heterocycles. The van der Waals surface area contributed by atoms with Crippen LogP contribution in [0.1, 0.15) is 15.9 Å². The molecule has 28 heavy (non-hydrogen) atoms. The molecule has 1 aliphatic heterocycles. The van der Waals surface area contributed by atoms with Gasteiger partial charge in [-0.1, -0.05) is 29.8 Å². The van der Waals surface area contributed by atoms with E-state index in [1.807, 2.05) is 18.2 Å². The van der Waals surface area contributed by atoms with E-state index in [-0.39, 0.29) is 12.1 Å². The number of amides is 1. The zero-order chi connectivity index (χ0) is 19.5. The number of hydrogen-bond acceptors (Lipinski definition) is 4. The molecule has 0 saturated carbocycles. The summed E-state index contributed by atoms with van der Waals surface area (Å²) < 4.78 is 12.4. The highest BCUT2D eigenvalue weighted by atomic mass is 35.5. The number of nitrogens with zero attached hydrogens (tertiary/aromatic N) is 1. The molecule has 0 bridgehead atoms. The van der Waals surface area contributed by atoms with E-state index in [1.54, 1.807) is 36.5 Å². The number of benzene rings is 2. The Balaban J connectivity index is 1.57. The number of hydrogen-bond donors (Lipinski definition) is 1. The SMILES string of the molecule is O=C(Nc1ccc2c(c1)OCCO2)c1cccn(Cc2ccccc2Cl)c1=O. The van der Waals surface area contributed by atoms with E-state index in [9.17, 15) is 9.59 Å². The lowest BCUT2D eigenvalue weighted by Crippen LogP contribution is -2.29. The van der Waals surface area contributed by atoms with Gasteiger partial charge in [-0.05, 0) is 35.9 Å². The molecule has 0 unspecified atom stereocenters. The molecule has 6 nitrogen and oxygen atoms in total. The van der Waals surface area contributed by atoms with Crippen LogP contribution in [0.25, 0.3) is 0 Å². The molecule has 3 aromatic rings. The average molecular weight is 397 g/mol. The Kier molecular flexibility index (Phi) is 5.04. The van der Waals surface area contributed by atoms with E-state index in [1.165, 1.54) is 10.6 Å². The Labute approximate surface area is 166 Å². The fourth-order valence-corrected chi connectivity index (χ4v) is 3.16. The molecule has 1 amide bonds. The minimum Gasteiger partial charge on any atom is -0.486 e. The van der Waals surface area contributed by atoms with Gasteiger partial charge in [0.2, 0.25) is 0 Å². The number of halogens is 1. The van der Waals surface area contributed by atoms with E-state index >= 15 is 0 Å². The standard InChI is InChI=1S/C21H17ClN2O4/c22-17-6-2-1-4-14(17)13-24-9-3-5-16(21(24)26)20(25)23-15-7-8-18-19(12-15)28-11-10-27-18/h1-9,12H,10-11,13H2,(H,23,25). The minimum atomic E-state index is -0.491. The van der Waals surface area contributed by atoms with Gasteiger partial charge in [0.25, 0.3) is 11.5 Å².